The smallest absolute Gasteiger partial charge is 0.337 e. The van der Waals surface area contributed by atoms with Crippen LogP contribution in [0.4, 0.5) is 13.2 Å². The number of nitrogens with one attached hydrogen (secondary N) is 1. The maximum Gasteiger partial charge on any atom is 0.417 e. The number of imidazole rings is 1. The summed E-state index contributed by atoms with van der Waals surface area (Å²) in [6.07, 6.45) is -1.46. The van der Waals surface area contributed by atoms with Gasteiger partial charge in [-0.15, -0.1) is 0 Å². The van der Waals surface area contributed by atoms with Crippen molar-refractivity contribution in [2.24, 2.45) is 0 Å². The van der Waals surface area contributed by atoms with Gasteiger partial charge < -0.3 is 4.98 Å². The van der Waals surface area contributed by atoms with Crippen LogP contribution in [0.5, 0.6) is 0 Å². The summed E-state index contributed by atoms with van der Waals surface area (Å²) >= 11 is 10.6. The van der Waals surface area contributed by atoms with Crippen molar-refractivity contribution in [3.8, 4) is 5.69 Å². The minimum Gasteiger partial charge on any atom is -0.337 e. The van der Waals surface area contributed by atoms with Gasteiger partial charge in [-0.05, 0) is 54.7 Å². The number of hydrogen-bond donors (Lipinski definition) is 1. The van der Waals surface area contributed by atoms with Crippen LogP contribution in [0.15, 0.2) is 64.6 Å². The van der Waals surface area contributed by atoms with Gasteiger partial charge in [0.05, 0.1) is 20.4 Å². The highest BCUT2D eigenvalue weighted by atomic mass is 35.5. The van der Waals surface area contributed by atoms with Gasteiger partial charge in [0.1, 0.15) is 0 Å². The molecule has 0 saturated heterocycles. The fraction of sp³-hybridized carbons (Fsp3) is 0.0625. The van der Waals surface area contributed by atoms with Crippen LogP contribution >= 0.6 is 23.8 Å². The van der Waals surface area contributed by atoms with E-state index in [1.807, 2.05) is 0 Å². The Labute approximate surface area is 156 Å². The first-order chi connectivity index (χ1) is 12.1. The van der Waals surface area contributed by atoms with E-state index in [1.54, 1.807) is 17.0 Å². The molecule has 0 aliphatic carbocycles. The average molecular weight is 419 g/mol. The van der Waals surface area contributed by atoms with Crippen molar-refractivity contribution in [2.45, 2.75) is 16.0 Å². The molecule has 136 valence electrons. The van der Waals surface area contributed by atoms with Crippen molar-refractivity contribution in [1.29, 1.82) is 0 Å². The lowest BCUT2D eigenvalue weighted by atomic mass is 10.2. The molecule has 4 nitrogen and oxygen atoms in total. The summed E-state index contributed by atoms with van der Waals surface area (Å²) in [6, 6.07) is 8.14. The average Bonchev–Trinajstić information content (AvgIpc) is 3.00. The lowest BCUT2D eigenvalue weighted by Gasteiger charge is -2.12. The first kappa shape index (κ1) is 18.7. The molecule has 1 N–H and O–H groups in total. The highest BCUT2D eigenvalue weighted by molar-refractivity contribution is 7.91. The summed E-state index contributed by atoms with van der Waals surface area (Å²) in [7, 11) is -4.14. The zero-order valence-corrected chi connectivity index (χ0v) is 15.2. The molecule has 0 amide bonds. The molecule has 0 saturated carbocycles. The van der Waals surface area contributed by atoms with E-state index in [0.717, 1.165) is 12.1 Å². The molecule has 0 fully saturated rings. The minimum absolute atomic E-state index is 0.140. The second kappa shape index (κ2) is 6.57. The normalized spacial score (nSPS) is 12.3. The Bertz CT molecular complexity index is 1120. The second-order valence-electron chi connectivity index (χ2n) is 5.27. The molecular weight excluding hydrogens is 409 g/mol. The Morgan fingerprint density at radius 1 is 1.04 bits per heavy atom. The molecule has 0 aliphatic rings. The monoisotopic (exact) mass is 418 g/mol. The molecule has 3 rings (SSSR count). The molecule has 0 bridgehead atoms. The van der Waals surface area contributed by atoms with E-state index in [2.05, 4.69) is 4.98 Å². The number of hydrogen-bond acceptors (Lipinski definition) is 3. The van der Waals surface area contributed by atoms with Gasteiger partial charge in [-0.25, -0.2) is 8.42 Å². The van der Waals surface area contributed by atoms with E-state index in [1.165, 1.54) is 24.3 Å². The third kappa shape index (κ3) is 3.42. The van der Waals surface area contributed by atoms with Gasteiger partial charge >= 0.3 is 6.18 Å². The van der Waals surface area contributed by atoms with E-state index in [9.17, 15) is 21.6 Å². The highest BCUT2D eigenvalue weighted by Crippen LogP contribution is 2.37. The third-order valence-electron chi connectivity index (χ3n) is 3.63. The quantitative estimate of drug-likeness (QED) is 0.606. The third-order valence-corrected chi connectivity index (χ3v) is 6.04. The molecule has 0 spiro atoms. The lowest BCUT2D eigenvalue weighted by Crippen LogP contribution is -2.09. The zero-order chi connectivity index (χ0) is 19.1. The first-order valence-corrected chi connectivity index (χ1v) is 9.36. The largest absolute Gasteiger partial charge is 0.417 e. The molecule has 0 aliphatic heterocycles. The molecule has 1 heterocycles. The molecule has 2 aromatic carbocycles. The molecule has 3 aromatic rings. The van der Waals surface area contributed by atoms with Crippen molar-refractivity contribution in [1.82, 2.24) is 9.55 Å². The van der Waals surface area contributed by atoms with Gasteiger partial charge in [0.2, 0.25) is 9.84 Å². The highest BCUT2D eigenvalue weighted by Gasteiger charge is 2.34. The molecule has 26 heavy (non-hydrogen) atoms. The number of alkyl halides is 3. The summed E-state index contributed by atoms with van der Waals surface area (Å²) in [5.74, 6) is 0. The summed E-state index contributed by atoms with van der Waals surface area (Å²) in [5.41, 5.74) is -0.585. The summed E-state index contributed by atoms with van der Waals surface area (Å²) in [6.45, 7) is 0. The van der Waals surface area contributed by atoms with Gasteiger partial charge in [0.15, 0.2) is 4.77 Å². The van der Waals surface area contributed by atoms with Crippen LogP contribution in [0, 0.1) is 4.77 Å². The first-order valence-electron chi connectivity index (χ1n) is 7.09. The van der Waals surface area contributed by atoms with E-state index in [0.29, 0.717) is 16.5 Å². The van der Waals surface area contributed by atoms with Crippen molar-refractivity contribution in [3.05, 3.63) is 70.2 Å². The summed E-state index contributed by atoms with van der Waals surface area (Å²) in [5, 5.41) is -0.561. The topological polar surface area (TPSA) is 54.9 Å². The van der Waals surface area contributed by atoms with Gasteiger partial charge in [0, 0.05) is 18.1 Å². The maximum atomic E-state index is 13.0. The van der Waals surface area contributed by atoms with Crippen LogP contribution in [0.2, 0.25) is 5.02 Å². The number of H-pyrrole nitrogens is 1. The molecule has 10 heteroatoms. The van der Waals surface area contributed by atoms with E-state index < -0.39 is 31.5 Å². The molecule has 1 aromatic heterocycles. The van der Waals surface area contributed by atoms with Crippen LogP contribution in [-0.4, -0.2) is 18.0 Å². The van der Waals surface area contributed by atoms with Crippen LogP contribution in [0.1, 0.15) is 5.56 Å². The Balaban J connectivity index is 2.04. The predicted molar refractivity (Wildman–Crippen MR) is 92.9 cm³/mol. The van der Waals surface area contributed by atoms with Gasteiger partial charge in [-0.2, -0.15) is 13.2 Å². The van der Waals surface area contributed by atoms with Crippen molar-refractivity contribution >= 4 is 33.7 Å². The minimum atomic E-state index is -4.75. The Hall–Kier alpha value is -2.10. The lowest BCUT2D eigenvalue weighted by molar-refractivity contribution is -0.137. The van der Waals surface area contributed by atoms with Gasteiger partial charge in [-0.3, -0.25) is 4.57 Å². The number of benzene rings is 2. The van der Waals surface area contributed by atoms with Crippen molar-refractivity contribution in [3.63, 3.8) is 0 Å². The number of sulfone groups is 1. The summed E-state index contributed by atoms with van der Waals surface area (Å²) < 4.78 is 66.3. The fourth-order valence-electron chi connectivity index (χ4n) is 2.33. The fourth-order valence-corrected chi connectivity index (χ4v) is 4.08. The van der Waals surface area contributed by atoms with E-state index >= 15 is 0 Å². The predicted octanol–water partition coefficient (Wildman–Crippen LogP) is 5.04. The van der Waals surface area contributed by atoms with Crippen molar-refractivity contribution in [2.75, 3.05) is 0 Å². The molecular formula is C16H10ClF3N2O2S2. The SMILES string of the molecule is O=S(=O)(c1ccc(-n2cc[nH]c2=S)cc1)c1ccc(Cl)c(C(F)(F)F)c1. The van der Waals surface area contributed by atoms with E-state index in [4.69, 9.17) is 23.8 Å². The summed E-state index contributed by atoms with van der Waals surface area (Å²) in [4.78, 5) is 2.18. The Morgan fingerprint density at radius 3 is 2.19 bits per heavy atom. The Kier molecular flexibility index (Phi) is 4.72. The van der Waals surface area contributed by atoms with Crippen LogP contribution in [-0.2, 0) is 16.0 Å². The number of aromatic nitrogens is 2. The maximum absolute atomic E-state index is 13.0. The van der Waals surface area contributed by atoms with Gasteiger partial charge in [0.25, 0.3) is 0 Å². The number of aromatic amines is 1. The Morgan fingerprint density at radius 2 is 1.65 bits per heavy atom. The zero-order valence-electron chi connectivity index (χ0n) is 12.8. The molecule has 0 unspecified atom stereocenters. The van der Waals surface area contributed by atoms with Crippen LogP contribution in [0.25, 0.3) is 5.69 Å². The van der Waals surface area contributed by atoms with Crippen LogP contribution in [0.3, 0.4) is 0 Å². The molecule has 0 radical (unpaired) electrons. The second-order valence-corrected chi connectivity index (χ2v) is 8.02. The van der Waals surface area contributed by atoms with Gasteiger partial charge in [-0.1, -0.05) is 11.6 Å². The number of rotatable bonds is 3. The number of halogens is 4. The van der Waals surface area contributed by atoms with Crippen LogP contribution < -0.4 is 0 Å². The van der Waals surface area contributed by atoms with E-state index in [-0.39, 0.29) is 4.90 Å². The number of nitrogens with zero attached hydrogens (tertiary/aromatic N) is 1. The molecule has 0 atom stereocenters. The van der Waals surface area contributed by atoms with Crippen molar-refractivity contribution < 1.29 is 21.6 Å². The standard InChI is InChI=1S/C16H10ClF3N2O2S2/c17-14-6-5-12(9-13(14)16(18,19)20)26(23,24)11-3-1-10(2-4-11)22-8-7-21-15(22)25/h1-9H,(H,21,25).